The first kappa shape index (κ1) is 14.3. The molecule has 17 heavy (non-hydrogen) atoms. The number of furan rings is 1. The van der Waals surface area contributed by atoms with Crippen LogP contribution >= 0.6 is 15.9 Å². The number of aliphatic hydroxyl groups excluding tert-OH is 1. The monoisotopic (exact) mass is 303 g/mol. The van der Waals surface area contributed by atoms with Crippen LogP contribution in [0.3, 0.4) is 0 Å². The fourth-order valence-corrected chi connectivity index (χ4v) is 1.65. The fraction of sp³-hybridized carbons (Fsp3) is 0.583. The van der Waals surface area contributed by atoms with Gasteiger partial charge in [-0.1, -0.05) is 13.8 Å². The molecule has 1 aromatic heterocycles. The summed E-state index contributed by atoms with van der Waals surface area (Å²) in [6, 6.07) is 3.68. The Morgan fingerprint density at radius 3 is 2.76 bits per heavy atom. The number of hydrogen-bond acceptors (Lipinski definition) is 3. The molecular formula is C12H18BrNO3. The maximum absolute atomic E-state index is 11.4. The normalized spacial score (nSPS) is 12.8. The number of carbonyl (C=O) groups is 1. The number of amides is 1. The summed E-state index contributed by atoms with van der Waals surface area (Å²) in [5.74, 6) is 0.792. The SMILES string of the molecule is CC(C)C(O)CC(=O)NCCc1ccc(Br)o1. The lowest BCUT2D eigenvalue weighted by Crippen LogP contribution is -2.30. The van der Waals surface area contributed by atoms with Crippen LogP contribution in [-0.2, 0) is 11.2 Å². The quantitative estimate of drug-likeness (QED) is 0.846. The summed E-state index contributed by atoms with van der Waals surface area (Å²) in [5.41, 5.74) is 0. The minimum atomic E-state index is -0.576. The standard InChI is InChI=1S/C12H18BrNO3/c1-8(2)10(15)7-12(16)14-6-5-9-3-4-11(13)17-9/h3-4,8,10,15H,5-7H2,1-2H3,(H,14,16). The molecule has 0 saturated carbocycles. The number of aliphatic hydroxyl groups is 1. The minimum Gasteiger partial charge on any atom is -0.454 e. The Kier molecular flexibility index (Phi) is 5.71. The molecule has 0 aliphatic rings. The van der Waals surface area contributed by atoms with Crippen molar-refractivity contribution in [2.75, 3.05) is 6.54 Å². The van der Waals surface area contributed by atoms with Gasteiger partial charge in [0, 0.05) is 13.0 Å². The van der Waals surface area contributed by atoms with Crippen LogP contribution in [0.5, 0.6) is 0 Å². The zero-order chi connectivity index (χ0) is 12.8. The Bertz CT molecular complexity index is 362. The van der Waals surface area contributed by atoms with Gasteiger partial charge < -0.3 is 14.8 Å². The van der Waals surface area contributed by atoms with E-state index in [-0.39, 0.29) is 18.2 Å². The molecule has 0 aliphatic heterocycles. The minimum absolute atomic E-state index is 0.0989. The van der Waals surface area contributed by atoms with Gasteiger partial charge in [-0.05, 0) is 34.0 Å². The molecule has 96 valence electrons. The van der Waals surface area contributed by atoms with Crippen molar-refractivity contribution in [3.63, 3.8) is 0 Å². The zero-order valence-electron chi connectivity index (χ0n) is 10.1. The van der Waals surface area contributed by atoms with E-state index < -0.39 is 6.10 Å². The molecule has 0 saturated heterocycles. The van der Waals surface area contributed by atoms with E-state index in [0.29, 0.717) is 17.6 Å². The van der Waals surface area contributed by atoms with Crippen LogP contribution < -0.4 is 5.32 Å². The maximum Gasteiger partial charge on any atom is 0.222 e. The highest BCUT2D eigenvalue weighted by Crippen LogP contribution is 2.14. The van der Waals surface area contributed by atoms with E-state index in [4.69, 9.17) is 4.42 Å². The maximum atomic E-state index is 11.4. The Balaban J connectivity index is 2.20. The van der Waals surface area contributed by atoms with Gasteiger partial charge in [0.05, 0.1) is 12.5 Å². The van der Waals surface area contributed by atoms with Crippen molar-refractivity contribution >= 4 is 21.8 Å². The molecule has 1 heterocycles. The third-order valence-electron chi connectivity index (χ3n) is 2.49. The van der Waals surface area contributed by atoms with Crippen molar-refractivity contribution < 1.29 is 14.3 Å². The zero-order valence-corrected chi connectivity index (χ0v) is 11.7. The van der Waals surface area contributed by atoms with Crippen LogP contribution in [0.2, 0.25) is 0 Å². The van der Waals surface area contributed by atoms with Crippen molar-refractivity contribution in [2.24, 2.45) is 5.92 Å². The molecule has 0 aliphatic carbocycles. The summed E-state index contributed by atoms with van der Waals surface area (Å²) in [5, 5.41) is 12.3. The van der Waals surface area contributed by atoms with E-state index in [9.17, 15) is 9.90 Å². The van der Waals surface area contributed by atoms with Crippen LogP contribution in [0.25, 0.3) is 0 Å². The molecule has 0 bridgehead atoms. The molecule has 2 N–H and O–H groups in total. The van der Waals surface area contributed by atoms with E-state index in [1.54, 1.807) is 0 Å². The molecule has 1 aromatic rings. The van der Waals surface area contributed by atoms with Gasteiger partial charge in [0.15, 0.2) is 4.67 Å². The smallest absolute Gasteiger partial charge is 0.222 e. The van der Waals surface area contributed by atoms with E-state index in [1.807, 2.05) is 26.0 Å². The van der Waals surface area contributed by atoms with Crippen LogP contribution in [0.4, 0.5) is 0 Å². The predicted octanol–water partition coefficient (Wildman–Crippen LogP) is 2.11. The summed E-state index contributed by atoms with van der Waals surface area (Å²) in [4.78, 5) is 11.4. The average Bonchev–Trinajstić information content (AvgIpc) is 2.64. The molecule has 0 fully saturated rings. The van der Waals surface area contributed by atoms with Crippen LogP contribution in [-0.4, -0.2) is 23.7 Å². The lowest BCUT2D eigenvalue weighted by atomic mass is 10.0. The van der Waals surface area contributed by atoms with Crippen molar-refractivity contribution in [3.8, 4) is 0 Å². The molecular weight excluding hydrogens is 286 g/mol. The summed E-state index contributed by atoms with van der Waals surface area (Å²) >= 11 is 3.21. The topological polar surface area (TPSA) is 62.5 Å². The Labute approximate surface area is 110 Å². The number of rotatable bonds is 6. The molecule has 0 spiro atoms. The first-order chi connectivity index (χ1) is 7.99. The van der Waals surface area contributed by atoms with E-state index in [1.165, 1.54) is 0 Å². The van der Waals surface area contributed by atoms with Crippen LogP contribution in [0, 0.1) is 5.92 Å². The highest BCUT2D eigenvalue weighted by molar-refractivity contribution is 9.10. The molecule has 4 nitrogen and oxygen atoms in total. The molecule has 5 heteroatoms. The van der Waals surface area contributed by atoms with Gasteiger partial charge in [0.2, 0.25) is 5.91 Å². The lowest BCUT2D eigenvalue weighted by Gasteiger charge is -2.13. The number of halogens is 1. The van der Waals surface area contributed by atoms with Crippen molar-refractivity contribution in [2.45, 2.75) is 32.8 Å². The van der Waals surface area contributed by atoms with Crippen molar-refractivity contribution in [3.05, 3.63) is 22.6 Å². The van der Waals surface area contributed by atoms with Crippen molar-refractivity contribution in [1.82, 2.24) is 5.32 Å². The molecule has 0 aromatic carbocycles. The molecule has 0 radical (unpaired) electrons. The third kappa shape index (κ3) is 5.37. The first-order valence-electron chi connectivity index (χ1n) is 5.68. The van der Waals surface area contributed by atoms with E-state index >= 15 is 0 Å². The molecule has 1 unspecified atom stereocenters. The summed E-state index contributed by atoms with van der Waals surface area (Å²) in [6.45, 7) is 4.29. The van der Waals surface area contributed by atoms with Gasteiger partial charge >= 0.3 is 0 Å². The summed E-state index contributed by atoms with van der Waals surface area (Å²) in [6.07, 6.45) is 0.224. The Hall–Kier alpha value is -0.810. The van der Waals surface area contributed by atoms with Gasteiger partial charge in [0.1, 0.15) is 5.76 Å². The Morgan fingerprint density at radius 2 is 2.24 bits per heavy atom. The second kappa shape index (κ2) is 6.81. The second-order valence-electron chi connectivity index (χ2n) is 4.32. The third-order valence-corrected chi connectivity index (χ3v) is 2.91. The van der Waals surface area contributed by atoms with Crippen LogP contribution in [0.15, 0.2) is 21.2 Å². The number of hydrogen-bond donors (Lipinski definition) is 2. The molecule has 1 amide bonds. The Morgan fingerprint density at radius 1 is 1.53 bits per heavy atom. The molecule has 1 rings (SSSR count). The van der Waals surface area contributed by atoms with Gasteiger partial charge in [-0.3, -0.25) is 4.79 Å². The van der Waals surface area contributed by atoms with Crippen molar-refractivity contribution in [1.29, 1.82) is 0 Å². The highest BCUT2D eigenvalue weighted by atomic mass is 79.9. The highest BCUT2D eigenvalue weighted by Gasteiger charge is 2.13. The molecule has 1 atom stereocenters. The van der Waals surface area contributed by atoms with Crippen LogP contribution in [0.1, 0.15) is 26.0 Å². The number of carbonyl (C=O) groups excluding carboxylic acids is 1. The predicted molar refractivity (Wildman–Crippen MR) is 68.6 cm³/mol. The van der Waals surface area contributed by atoms with E-state index in [0.717, 1.165) is 5.76 Å². The van der Waals surface area contributed by atoms with E-state index in [2.05, 4.69) is 21.2 Å². The second-order valence-corrected chi connectivity index (χ2v) is 5.10. The number of nitrogens with one attached hydrogen (secondary N) is 1. The average molecular weight is 304 g/mol. The van der Waals surface area contributed by atoms with Gasteiger partial charge in [-0.2, -0.15) is 0 Å². The van der Waals surface area contributed by atoms with Gasteiger partial charge in [-0.15, -0.1) is 0 Å². The largest absolute Gasteiger partial charge is 0.454 e. The van der Waals surface area contributed by atoms with Gasteiger partial charge in [0.25, 0.3) is 0 Å². The van der Waals surface area contributed by atoms with Gasteiger partial charge in [-0.25, -0.2) is 0 Å². The summed E-state index contributed by atoms with van der Waals surface area (Å²) in [7, 11) is 0. The summed E-state index contributed by atoms with van der Waals surface area (Å²) < 4.78 is 5.99. The fourth-order valence-electron chi connectivity index (χ4n) is 1.31. The first-order valence-corrected chi connectivity index (χ1v) is 6.47. The lowest BCUT2D eigenvalue weighted by molar-refractivity contribution is -0.123.